The molecule has 0 spiro atoms. The van der Waals surface area contributed by atoms with Crippen molar-refractivity contribution in [3.8, 4) is 22.5 Å². The average Bonchev–Trinajstić information content (AvgIpc) is 3.82. The predicted octanol–water partition coefficient (Wildman–Crippen LogP) is 7.64. The number of aromatic nitrogens is 6. The van der Waals surface area contributed by atoms with Crippen LogP contribution in [0, 0.1) is 0 Å². The quantitative estimate of drug-likeness (QED) is 0.0746. The lowest BCUT2D eigenvalue weighted by atomic mass is 9.77. The molecule has 9 heteroatoms. The monoisotopic (exact) mass is 672 g/mol. The summed E-state index contributed by atoms with van der Waals surface area (Å²) in [5, 5.41) is 13.7. The van der Waals surface area contributed by atoms with Crippen LogP contribution in [0.1, 0.15) is 62.4 Å². The Morgan fingerprint density at radius 1 is 0.745 bits per heavy atom. The molecule has 0 atom stereocenters. The van der Waals surface area contributed by atoms with E-state index < -0.39 is 11.5 Å². The Kier molecular flexibility index (Phi) is 9.43. The lowest BCUT2D eigenvalue weighted by molar-refractivity contribution is 0.0586. The highest BCUT2D eigenvalue weighted by Crippen LogP contribution is 2.43. The van der Waals surface area contributed by atoms with Gasteiger partial charge < -0.3 is 9.30 Å². The predicted molar refractivity (Wildman–Crippen MR) is 195 cm³/mol. The fourth-order valence-electron chi connectivity index (χ4n) is 6.89. The first-order valence-corrected chi connectivity index (χ1v) is 16.9. The number of esters is 1. The van der Waals surface area contributed by atoms with Crippen molar-refractivity contribution >= 4 is 12.3 Å². The summed E-state index contributed by atoms with van der Waals surface area (Å²) in [4.78, 5) is 29.0. The van der Waals surface area contributed by atoms with Gasteiger partial charge in [0.25, 0.3) is 0 Å². The van der Waals surface area contributed by atoms with Crippen LogP contribution in [0.15, 0.2) is 140 Å². The summed E-state index contributed by atoms with van der Waals surface area (Å²) in [6.07, 6.45) is 2.04. The van der Waals surface area contributed by atoms with E-state index in [0.29, 0.717) is 30.9 Å². The molecule has 0 unspecified atom stereocenters. The van der Waals surface area contributed by atoms with E-state index in [9.17, 15) is 9.59 Å². The molecule has 2 heterocycles. The van der Waals surface area contributed by atoms with E-state index in [2.05, 4.69) is 69.9 Å². The van der Waals surface area contributed by atoms with Gasteiger partial charge in [-0.15, -0.1) is 5.10 Å². The molecule has 0 aliphatic heterocycles. The molecule has 0 fully saturated rings. The third kappa shape index (κ3) is 6.03. The first-order valence-electron chi connectivity index (χ1n) is 16.9. The molecule has 0 aliphatic carbocycles. The molecule has 2 aromatic heterocycles. The van der Waals surface area contributed by atoms with Gasteiger partial charge in [0, 0.05) is 18.5 Å². The lowest BCUT2D eigenvalue weighted by Gasteiger charge is -2.36. The molecule has 252 valence electrons. The third-order valence-electron chi connectivity index (χ3n) is 9.17. The number of benzene rings is 5. The fourth-order valence-corrected chi connectivity index (χ4v) is 6.89. The Hall–Kier alpha value is -6.48. The van der Waals surface area contributed by atoms with Crippen molar-refractivity contribution in [1.29, 1.82) is 0 Å². The van der Waals surface area contributed by atoms with Crippen molar-refractivity contribution < 1.29 is 14.3 Å². The van der Waals surface area contributed by atoms with Gasteiger partial charge in [-0.05, 0) is 50.2 Å². The van der Waals surface area contributed by atoms with Gasteiger partial charge in [-0.25, -0.2) is 14.5 Å². The van der Waals surface area contributed by atoms with Crippen LogP contribution in [-0.4, -0.2) is 49.1 Å². The van der Waals surface area contributed by atoms with Crippen LogP contribution in [0.25, 0.3) is 22.5 Å². The topological polar surface area (TPSA) is 105 Å². The number of carbonyl (C=O) groups excluding carboxylic acids is 2. The van der Waals surface area contributed by atoms with Crippen molar-refractivity contribution in [2.24, 2.45) is 0 Å². The molecule has 51 heavy (non-hydrogen) atoms. The number of hydrogen-bond donors (Lipinski definition) is 0. The number of rotatable bonds is 12. The lowest BCUT2D eigenvalue weighted by Crippen LogP contribution is -2.39. The molecule has 0 aliphatic rings. The Morgan fingerprint density at radius 2 is 1.29 bits per heavy atom. The van der Waals surface area contributed by atoms with E-state index in [-0.39, 0.29) is 11.4 Å². The average molecular weight is 673 g/mol. The van der Waals surface area contributed by atoms with Crippen LogP contribution in [0.4, 0.5) is 0 Å². The highest BCUT2D eigenvalue weighted by molar-refractivity contribution is 5.95. The zero-order valence-corrected chi connectivity index (χ0v) is 28.4. The van der Waals surface area contributed by atoms with Gasteiger partial charge >= 0.3 is 5.97 Å². The second-order valence-corrected chi connectivity index (χ2v) is 12.2. The van der Waals surface area contributed by atoms with E-state index in [4.69, 9.17) is 9.95 Å². The number of hydrogen-bond acceptors (Lipinski definition) is 7. The summed E-state index contributed by atoms with van der Waals surface area (Å²) in [7, 11) is 1.31. The maximum atomic E-state index is 12.7. The van der Waals surface area contributed by atoms with Crippen LogP contribution >= 0.6 is 0 Å². The summed E-state index contributed by atoms with van der Waals surface area (Å²) in [6.45, 7) is 2.39. The van der Waals surface area contributed by atoms with Crippen LogP contribution in [0.3, 0.4) is 0 Å². The first-order chi connectivity index (χ1) is 25.1. The SMILES string of the molecule is CCCc1nc(C=O)c(C(=O)OC)n1Cc1ccc(-c2ccccc2-c2nnnn2C(c2ccccc2)(c2ccccc2)c2ccccc2)cc1. The molecular formula is C42H36N6O3. The zero-order valence-electron chi connectivity index (χ0n) is 28.4. The van der Waals surface area contributed by atoms with Gasteiger partial charge in [-0.1, -0.05) is 146 Å². The van der Waals surface area contributed by atoms with Gasteiger partial charge in [0.15, 0.2) is 17.8 Å². The van der Waals surface area contributed by atoms with Crippen molar-refractivity contribution in [1.82, 2.24) is 29.8 Å². The fraction of sp³-hybridized carbons (Fsp3) is 0.143. The van der Waals surface area contributed by atoms with Gasteiger partial charge in [-0.2, -0.15) is 0 Å². The second-order valence-electron chi connectivity index (χ2n) is 12.2. The summed E-state index contributed by atoms with van der Waals surface area (Å²) < 4.78 is 8.74. The number of imidazole rings is 1. The minimum Gasteiger partial charge on any atom is -0.464 e. The standard InChI is InChI=1S/C42H36N6O3/c1-3-15-38-43-37(29-49)39(41(50)51-2)47(38)28-30-24-26-31(27-25-30)35-22-13-14-23-36(35)40-44-45-46-48(40)42(32-16-7-4-8-17-32,33-18-9-5-10-19-33)34-20-11-6-12-21-34/h4-14,16-27,29H,3,15,28H2,1-2H3. The minimum absolute atomic E-state index is 0.0890. The molecule has 5 aromatic carbocycles. The van der Waals surface area contributed by atoms with E-state index in [1.807, 2.05) is 96.5 Å². The highest BCUT2D eigenvalue weighted by Gasteiger charge is 2.42. The molecule has 0 saturated carbocycles. The van der Waals surface area contributed by atoms with E-state index in [1.54, 1.807) is 4.57 Å². The first kappa shape index (κ1) is 33.0. The Balaban J connectivity index is 1.34. The van der Waals surface area contributed by atoms with Crippen molar-refractivity contribution in [3.63, 3.8) is 0 Å². The number of aldehydes is 1. The van der Waals surface area contributed by atoms with Crippen LogP contribution < -0.4 is 0 Å². The maximum Gasteiger partial charge on any atom is 0.357 e. The molecule has 0 amide bonds. The molecule has 0 N–H and O–H groups in total. The van der Waals surface area contributed by atoms with Crippen LogP contribution in [-0.2, 0) is 23.2 Å². The highest BCUT2D eigenvalue weighted by atomic mass is 16.5. The smallest absolute Gasteiger partial charge is 0.357 e. The zero-order chi connectivity index (χ0) is 35.2. The molecule has 0 bridgehead atoms. The minimum atomic E-state index is -0.891. The van der Waals surface area contributed by atoms with Crippen LogP contribution in [0.5, 0.6) is 0 Å². The maximum absolute atomic E-state index is 12.7. The normalized spacial score (nSPS) is 11.3. The third-order valence-corrected chi connectivity index (χ3v) is 9.17. The second kappa shape index (κ2) is 14.6. The molecule has 0 radical (unpaired) electrons. The molecule has 7 aromatic rings. The molecule has 7 rings (SSSR count). The molecule has 9 nitrogen and oxygen atoms in total. The van der Waals surface area contributed by atoms with E-state index >= 15 is 0 Å². The summed E-state index contributed by atoms with van der Waals surface area (Å²) in [5.74, 6) is 0.686. The van der Waals surface area contributed by atoms with Gasteiger partial charge in [0.1, 0.15) is 17.1 Å². The Morgan fingerprint density at radius 3 is 1.82 bits per heavy atom. The summed E-state index contributed by atoms with van der Waals surface area (Å²) in [6, 6.07) is 47.2. The van der Waals surface area contributed by atoms with Gasteiger partial charge in [0.2, 0.25) is 0 Å². The summed E-state index contributed by atoms with van der Waals surface area (Å²) in [5.41, 5.74) is 6.14. The molecule has 0 saturated heterocycles. The number of tetrazole rings is 1. The number of nitrogens with zero attached hydrogens (tertiary/aromatic N) is 6. The number of methoxy groups -OCH3 is 1. The number of aryl methyl sites for hydroxylation is 1. The largest absolute Gasteiger partial charge is 0.464 e. The van der Waals surface area contributed by atoms with Gasteiger partial charge in [-0.3, -0.25) is 4.79 Å². The molecular weight excluding hydrogens is 637 g/mol. The van der Waals surface area contributed by atoms with E-state index in [1.165, 1.54) is 7.11 Å². The Bertz CT molecular complexity index is 2170. The Labute approximate surface area is 296 Å². The van der Waals surface area contributed by atoms with Crippen molar-refractivity contribution in [2.45, 2.75) is 31.8 Å². The van der Waals surface area contributed by atoms with E-state index in [0.717, 1.165) is 45.4 Å². The van der Waals surface area contributed by atoms with Gasteiger partial charge in [0.05, 0.1) is 7.11 Å². The van der Waals surface area contributed by atoms with Crippen molar-refractivity contribution in [3.05, 3.63) is 179 Å². The summed E-state index contributed by atoms with van der Waals surface area (Å²) >= 11 is 0. The van der Waals surface area contributed by atoms with Crippen molar-refractivity contribution in [2.75, 3.05) is 7.11 Å². The number of carbonyl (C=O) groups is 2. The number of ether oxygens (including phenoxy) is 1. The van der Waals surface area contributed by atoms with Crippen LogP contribution in [0.2, 0.25) is 0 Å².